The summed E-state index contributed by atoms with van der Waals surface area (Å²) >= 11 is 0. The van der Waals surface area contributed by atoms with Crippen LogP contribution in [0, 0.1) is 0 Å². The molecule has 1 fully saturated rings. The Balaban J connectivity index is 1.22. The molecule has 1 aliphatic carbocycles. The van der Waals surface area contributed by atoms with Crippen LogP contribution in [-0.4, -0.2) is 47.5 Å². The van der Waals surface area contributed by atoms with Crippen molar-refractivity contribution >= 4 is 11.7 Å². The van der Waals surface area contributed by atoms with Gasteiger partial charge in [0.15, 0.2) is 0 Å². The number of carbonyl (C=O) groups is 1. The first-order valence-corrected chi connectivity index (χ1v) is 10.1. The molecule has 1 amide bonds. The Morgan fingerprint density at radius 2 is 2.11 bits per heavy atom. The van der Waals surface area contributed by atoms with Crippen LogP contribution in [0.5, 0.6) is 0 Å². The summed E-state index contributed by atoms with van der Waals surface area (Å²) in [5.41, 5.74) is 2.51. The highest BCUT2D eigenvalue weighted by atomic mass is 16.1. The lowest BCUT2D eigenvalue weighted by atomic mass is 9.94. The lowest BCUT2D eigenvalue weighted by molar-refractivity contribution is 0.0946. The van der Waals surface area contributed by atoms with Gasteiger partial charge in [-0.2, -0.15) is 5.10 Å². The van der Waals surface area contributed by atoms with Crippen molar-refractivity contribution in [3.63, 3.8) is 0 Å². The zero-order valence-electron chi connectivity index (χ0n) is 15.9. The van der Waals surface area contributed by atoms with E-state index in [1.54, 1.807) is 16.8 Å². The fraction of sp³-hybridized carbons (Fsp3) is 0.500. The average Bonchev–Trinajstić information content (AvgIpc) is 3.35. The summed E-state index contributed by atoms with van der Waals surface area (Å²) in [6.45, 7) is 3.37. The van der Waals surface area contributed by atoms with Crippen LogP contribution in [0.25, 0.3) is 5.78 Å². The third kappa shape index (κ3) is 3.40. The van der Waals surface area contributed by atoms with Gasteiger partial charge in [0.1, 0.15) is 5.69 Å². The lowest BCUT2D eigenvalue weighted by Gasteiger charge is -2.36. The summed E-state index contributed by atoms with van der Waals surface area (Å²) in [6, 6.07) is 4.66. The third-order valence-corrected chi connectivity index (χ3v) is 5.87. The fourth-order valence-corrected chi connectivity index (χ4v) is 4.39. The number of hydrogen-bond acceptors (Lipinski definition) is 5. The van der Waals surface area contributed by atoms with E-state index in [1.807, 2.05) is 12.3 Å². The Kier molecular flexibility index (Phi) is 4.56. The standard InChI is InChI=1S/C20H25N7O/c28-19(18-14-26-8-4-7-21-20(26)23-18)22-12-15-11-17-13-25(9-10-27(17)24-15)16-5-2-1-3-6-16/h4,7-8,11,14,16H,1-3,5-6,9-10,12-13H2,(H,22,28). The molecule has 0 saturated heterocycles. The van der Waals surface area contributed by atoms with E-state index >= 15 is 0 Å². The van der Waals surface area contributed by atoms with Crippen molar-refractivity contribution in [2.75, 3.05) is 6.54 Å². The van der Waals surface area contributed by atoms with Crippen molar-refractivity contribution in [1.82, 2.24) is 34.4 Å². The van der Waals surface area contributed by atoms with Gasteiger partial charge in [-0.05, 0) is 25.0 Å². The van der Waals surface area contributed by atoms with Gasteiger partial charge in [0.05, 0.1) is 24.5 Å². The number of hydrogen-bond donors (Lipinski definition) is 1. The molecule has 28 heavy (non-hydrogen) atoms. The van der Waals surface area contributed by atoms with Gasteiger partial charge in [-0.1, -0.05) is 19.3 Å². The third-order valence-electron chi connectivity index (χ3n) is 5.87. The number of nitrogens with zero attached hydrogens (tertiary/aromatic N) is 6. The molecule has 3 aromatic rings. The summed E-state index contributed by atoms with van der Waals surface area (Å²) in [4.78, 5) is 23.4. The van der Waals surface area contributed by atoms with E-state index in [1.165, 1.54) is 37.8 Å². The quantitative estimate of drug-likeness (QED) is 0.750. The smallest absolute Gasteiger partial charge is 0.271 e. The Morgan fingerprint density at radius 3 is 2.96 bits per heavy atom. The first-order chi connectivity index (χ1) is 13.8. The average molecular weight is 379 g/mol. The van der Waals surface area contributed by atoms with Crippen molar-refractivity contribution in [3.05, 3.63) is 47.8 Å². The first kappa shape index (κ1) is 17.4. The minimum Gasteiger partial charge on any atom is -0.345 e. The molecule has 0 unspecified atom stereocenters. The molecule has 8 heteroatoms. The largest absolute Gasteiger partial charge is 0.345 e. The maximum absolute atomic E-state index is 12.4. The molecule has 1 aliphatic heterocycles. The van der Waals surface area contributed by atoms with Crippen molar-refractivity contribution in [3.8, 4) is 0 Å². The van der Waals surface area contributed by atoms with E-state index in [4.69, 9.17) is 0 Å². The van der Waals surface area contributed by atoms with Gasteiger partial charge in [0.25, 0.3) is 5.91 Å². The summed E-state index contributed by atoms with van der Waals surface area (Å²) in [7, 11) is 0. The number of amides is 1. The zero-order valence-corrected chi connectivity index (χ0v) is 15.9. The van der Waals surface area contributed by atoms with Gasteiger partial charge >= 0.3 is 0 Å². The van der Waals surface area contributed by atoms with Crippen LogP contribution in [-0.2, 0) is 19.6 Å². The first-order valence-electron chi connectivity index (χ1n) is 10.1. The van der Waals surface area contributed by atoms with Gasteiger partial charge < -0.3 is 5.32 Å². The molecule has 3 aromatic heterocycles. The normalized spacial score (nSPS) is 18.3. The van der Waals surface area contributed by atoms with Crippen molar-refractivity contribution in [2.24, 2.45) is 0 Å². The highest BCUT2D eigenvalue weighted by Gasteiger charge is 2.26. The second kappa shape index (κ2) is 7.35. The van der Waals surface area contributed by atoms with Crippen molar-refractivity contribution in [1.29, 1.82) is 0 Å². The number of carbonyl (C=O) groups excluding carboxylic acids is 1. The summed E-state index contributed by atoms with van der Waals surface area (Å²) in [5, 5.41) is 7.60. The predicted octanol–water partition coefficient (Wildman–Crippen LogP) is 2.00. The number of fused-ring (bicyclic) bond motifs is 2. The highest BCUT2D eigenvalue weighted by Crippen LogP contribution is 2.26. The Hall–Kier alpha value is -2.74. The summed E-state index contributed by atoms with van der Waals surface area (Å²) in [5.74, 6) is 0.313. The monoisotopic (exact) mass is 379 g/mol. The predicted molar refractivity (Wildman–Crippen MR) is 104 cm³/mol. The summed E-state index contributed by atoms with van der Waals surface area (Å²) < 4.78 is 3.83. The highest BCUT2D eigenvalue weighted by molar-refractivity contribution is 5.92. The molecule has 8 nitrogen and oxygen atoms in total. The molecule has 0 bridgehead atoms. The molecule has 0 spiro atoms. The van der Waals surface area contributed by atoms with Gasteiger partial charge in [0, 0.05) is 37.7 Å². The van der Waals surface area contributed by atoms with Gasteiger partial charge in [-0.3, -0.25) is 18.8 Å². The van der Waals surface area contributed by atoms with Crippen LogP contribution >= 0.6 is 0 Å². The lowest BCUT2D eigenvalue weighted by Crippen LogP contribution is -2.42. The minimum absolute atomic E-state index is 0.208. The molecule has 1 N–H and O–H groups in total. The van der Waals surface area contributed by atoms with Crippen LogP contribution in [0.2, 0.25) is 0 Å². The van der Waals surface area contributed by atoms with Crippen LogP contribution in [0.15, 0.2) is 30.7 Å². The maximum atomic E-state index is 12.4. The van der Waals surface area contributed by atoms with Gasteiger partial charge in [0.2, 0.25) is 5.78 Å². The number of aromatic nitrogens is 5. The molecular weight excluding hydrogens is 354 g/mol. The molecule has 4 heterocycles. The molecule has 2 aliphatic rings. The van der Waals surface area contributed by atoms with E-state index in [2.05, 4.69) is 36.0 Å². The van der Waals surface area contributed by atoms with E-state index in [9.17, 15) is 4.79 Å². The molecule has 1 saturated carbocycles. The SMILES string of the molecule is O=C(NCc1cc2n(n1)CCN(C1CCCCC1)C2)c1cn2cccnc2n1. The second-order valence-electron chi connectivity index (χ2n) is 7.75. The molecule has 0 atom stereocenters. The summed E-state index contributed by atoms with van der Waals surface area (Å²) in [6.07, 6.45) is 11.9. The van der Waals surface area contributed by atoms with Crippen LogP contribution in [0.3, 0.4) is 0 Å². The molecule has 0 radical (unpaired) electrons. The molecule has 0 aromatic carbocycles. The molecule has 146 valence electrons. The van der Waals surface area contributed by atoms with Crippen molar-refractivity contribution in [2.45, 2.75) is 57.8 Å². The van der Waals surface area contributed by atoms with E-state index in [-0.39, 0.29) is 5.91 Å². The van der Waals surface area contributed by atoms with Crippen molar-refractivity contribution < 1.29 is 4.79 Å². The van der Waals surface area contributed by atoms with Gasteiger partial charge in [-0.15, -0.1) is 0 Å². The Labute approximate surface area is 163 Å². The molecule has 5 rings (SSSR count). The number of rotatable bonds is 4. The van der Waals surface area contributed by atoms with Crippen LogP contribution in [0.4, 0.5) is 0 Å². The minimum atomic E-state index is -0.208. The van der Waals surface area contributed by atoms with Crippen LogP contribution < -0.4 is 5.32 Å². The zero-order chi connectivity index (χ0) is 18.9. The van der Waals surface area contributed by atoms with E-state index < -0.39 is 0 Å². The topological polar surface area (TPSA) is 80.4 Å². The number of nitrogens with one attached hydrogen (secondary N) is 1. The maximum Gasteiger partial charge on any atom is 0.271 e. The van der Waals surface area contributed by atoms with E-state index in [0.29, 0.717) is 18.0 Å². The van der Waals surface area contributed by atoms with Gasteiger partial charge in [-0.25, -0.2) is 9.97 Å². The Bertz CT molecular complexity index is 953. The molecular formula is C20H25N7O. The van der Waals surface area contributed by atoms with E-state index in [0.717, 1.165) is 31.4 Å². The fourth-order valence-electron chi connectivity index (χ4n) is 4.39. The van der Waals surface area contributed by atoms with Crippen LogP contribution in [0.1, 0.15) is 54.0 Å². The second-order valence-corrected chi connectivity index (χ2v) is 7.75. The number of imidazole rings is 1. The Morgan fingerprint density at radius 1 is 1.21 bits per heavy atom.